The Labute approximate surface area is 122 Å². The minimum atomic E-state index is 0.428. The van der Waals surface area contributed by atoms with Crippen molar-refractivity contribution in [2.45, 2.75) is 65.8 Å². The van der Waals surface area contributed by atoms with E-state index < -0.39 is 0 Å². The molecule has 0 aromatic carbocycles. The number of unbranched alkanes of at least 4 members (excludes halogenated alkanes) is 2. The van der Waals surface area contributed by atoms with Crippen LogP contribution in [-0.2, 0) is 6.42 Å². The Bertz CT molecular complexity index is 380. The number of hydrogen-bond donors (Lipinski definition) is 0. The third-order valence-corrected chi connectivity index (χ3v) is 3.32. The van der Waals surface area contributed by atoms with Gasteiger partial charge < -0.3 is 4.90 Å². The first-order valence-electron chi connectivity index (χ1n) is 7.38. The van der Waals surface area contributed by atoms with Crippen molar-refractivity contribution in [3.63, 3.8) is 0 Å². The van der Waals surface area contributed by atoms with Crippen LogP contribution in [-0.4, -0.2) is 22.6 Å². The summed E-state index contributed by atoms with van der Waals surface area (Å²) >= 11 is 6.12. The zero-order chi connectivity index (χ0) is 14.3. The van der Waals surface area contributed by atoms with E-state index in [1.807, 2.05) is 6.07 Å². The van der Waals surface area contributed by atoms with E-state index in [4.69, 9.17) is 11.6 Å². The van der Waals surface area contributed by atoms with Crippen LogP contribution in [0.5, 0.6) is 0 Å². The fourth-order valence-corrected chi connectivity index (χ4v) is 2.30. The summed E-state index contributed by atoms with van der Waals surface area (Å²) in [6, 6.07) is 2.31. The van der Waals surface area contributed by atoms with Gasteiger partial charge in [-0.25, -0.2) is 9.97 Å². The molecular formula is C15H26ClN3. The Morgan fingerprint density at radius 3 is 2.47 bits per heavy atom. The maximum Gasteiger partial charge on any atom is 0.134 e. The van der Waals surface area contributed by atoms with Crippen LogP contribution in [0.3, 0.4) is 0 Å². The van der Waals surface area contributed by atoms with Crippen molar-refractivity contribution in [3.05, 3.63) is 17.0 Å². The summed E-state index contributed by atoms with van der Waals surface area (Å²) in [6.45, 7) is 9.78. The number of anilines is 1. The first kappa shape index (κ1) is 16.2. The van der Waals surface area contributed by atoms with Gasteiger partial charge in [0.05, 0.1) is 0 Å². The molecule has 0 saturated heterocycles. The lowest BCUT2D eigenvalue weighted by Gasteiger charge is -2.28. The molecule has 1 aromatic heterocycles. The number of halogens is 1. The minimum Gasteiger partial charge on any atom is -0.354 e. The first-order valence-corrected chi connectivity index (χ1v) is 7.76. The van der Waals surface area contributed by atoms with E-state index in [0.29, 0.717) is 11.2 Å². The van der Waals surface area contributed by atoms with E-state index in [1.54, 1.807) is 0 Å². The molecule has 0 spiro atoms. The molecule has 0 N–H and O–H groups in total. The molecule has 0 fully saturated rings. The average Bonchev–Trinajstić information content (AvgIpc) is 2.33. The van der Waals surface area contributed by atoms with E-state index in [9.17, 15) is 0 Å². The lowest BCUT2D eigenvalue weighted by Crippen LogP contribution is -2.32. The summed E-state index contributed by atoms with van der Waals surface area (Å²) in [5.41, 5.74) is 0. The third kappa shape index (κ3) is 5.35. The van der Waals surface area contributed by atoms with Crippen LogP contribution >= 0.6 is 11.6 Å². The van der Waals surface area contributed by atoms with Gasteiger partial charge in [-0.15, -0.1) is 0 Å². The number of hydrogen-bond acceptors (Lipinski definition) is 3. The molecule has 0 radical (unpaired) electrons. The lowest BCUT2D eigenvalue weighted by molar-refractivity contribution is 0.617. The van der Waals surface area contributed by atoms with Crippen LogP contribution in [0.25, 0.3) is 0 Å². The predicted octanol–water partition coefficient (Wildman–Crippen LogP) is 4.49. The second kappa shape index (κ2) is 8.36. The van der Waals surface area contributed by atoms with Crippen LogP contribution < -0.4 is 4.90 Å². The van der Waals surface area contributed by atoms with E-state index in [2.05, 4.69) is 42.6 Å². The fourth-order valence-electron chi connectivity index (χ4n) is 2.10. The summed E-state index contributed by atoms with van der Waals surface area (Å²) in [5.74, 6) is 1.82. The van der Waals surface area contributed by atoms with Crippen molar-refractivity contribution in [1.29, 1.82) is 0 Å². The normalized spacial score (nSPS) is 11.1. The van der Waals surface area contributed by atoms with Gasteiger partial charge in [0, 0.05) is 25.1 Å². The number of rotatable bonds is 8. The highest BCUT2D eigenvalue weighted by Gasteiger charge is 2.13. The summed E-state index contributed by atoms with van der Waals surface area (Å²) < 4.78 is 0. The standard InChI is InChI=1S/C15H26ClN3/c1-5-7-8-10-19(12(3)4)15-11-13(16)17-14(18-15)9-6-2/h11-12H,5-10H2,1-4H3. The van der Waals surface area contributed by atoms with Crippen LogP contribution in [0.2, 0.25) is 5.15 Å². The predicted molar refractivity (Wildman–Crippen MR) is 83.0 cm³/mol. The fraction of sp³-hybridized carbons (Fsp3) is 0.733. The topological polar surface area (TPSA) is 29.0 Å². The molecule has 3 nitrogen and oxygen atoms in total. The molecule has 0 bridgehead atoms. The zero-order valence-corrected chi connectivity index (χ0v) is 13.4. The number of aromatic nitrogens is 2. The van der Waals surface area contributed by atoms with Crippen molar-refractivity contribution in [2.24, 2.45) is 0 Å². The Morgan fingerprint density at radius 2 is 1.89 bits per heavy atom. The minimum absolute atomic E-state index is 0.428. The van der Waals surface area contributed by atoms with E-state index >= 15 is 0 Å². The summed E-state index contributed by atoms with van der Waals surface area (Å²) in [4.78, 5) is 11.3. The van der Waals surface area contributed by atoms with Crippen molar-refractivity contribution >= 4 is 17.4 Å². The summed E-state index contributed by atoms with van der Waals surface area (Å²) in [5, 5.41) is 0.551. The Hall–Kier alpha value is -0.830. The van der Waals surface area contributed by atoms with Gasteiger partial charge in [-0.3, -0.25) is 0 Å². The molecule has 19 heavy (non-hydrogen) atoms. The number of nitrogens with zero attached hydrogens (tertiary/aromatic N) is 3. The summed E-state index contributed by atoms with van der Waals surface area (Å²) in [7, 11) is 0. The monoisotopic (exact) mass is 283 g/mol. The highest BCUT2D eigenvalue weighted by atomic mass is 35.5. The van der Waals surface area contributed by atoms with Crippen molar-refractivity contribution in [2.75, 3.05) is 11.4 Å². The Balaban J connectivity index is 2.88. The van der Waals surface area contributed by atoms with Gasteiger partial charge in [-0.2, -0.15) is 0 Å². The SMILES string of the molecule is CCCCCN(c1cc(Cl)nc(CCC)n1)C(C)C. The van der Waals surface area contributed by atoms with Gasteiger partial charge in [0.1, 0.15) is 16.8 Å². The van der Waals surface area contributed by atoms with Gasteiger partial charge >= 0.3 is 0 Å². The smallest absolute Gasteiger partial charge is 0.134 e. The second-order valence-electron chi connectivity index (χ2n) is 5.21. The van der Waals surface area contributed by atoms with E-state index in [0.717, 1.165) is 31.0 Å². The molecule has 1 aromatic rings. The Kier molecular flexibility index (Phi) is 7.14. The number of aryl methyl sites for hydroxylation is 1. The zero-order valence-electron chi connectivity index (χ0n) is 12.6. The molecule has 108 valence electrons. The maximum absolute atomic E-state index is 6.12. The molecule has 0 aliphatic rings. The molecule has 1 rings (SSSR count). The van der Waals surface area contributed by atoms with Crippen LogP contribution in [0.4, 0.5) is 5.82 Å². The van der Waals surface area contributed by atoms with E-state index in [1.165, 1.54) is 19.3 Å². The van der Waals surface area contributed by atoms with Gasteiger partial charge in [0.25, 0.3) is 0 Å². The second-order valence-corrected chi connectivity index (χ2v) is 5.60. The molecule has 0 aliphatic carbocycles. The van der Waals surface area contributed by atoms with E-state index in [-0.39, 0.29) is 0 Å². The van der Waals surface area contributed by atoms with Crippen molar-refractivity contribution in [1.82, 2.24) is 9.97 Å². The molecule has 4 heteroatoms. The highest BCUT2D eigenvalue weighted by Crippen LogP contribution is 2.19. The molecule has 0 atom stereocenters. The van der Waals surface area contributed by atoms with Crippen molar-refractivity contribution < 1.29 is 0 Å². The molecule has 0 saturated carbocycles. The van der Waals surface area contributed by atoms with Gasteiger partial charge in [-0.05, 0) is 26.7 Å². The molecule has 0 aliphatic heterocycles. The van der Waals surface area contributed by atoms with Crippen LogP contribution in [0.1, 0.15) is 59.2 Å². The lowest BCUT2D eigenvalue weighted by atomic mass is 10.2. The summed E-state index contributed by atoms with van der Waals surface area (Å²) in [6.07, 6.45) is 5.60. The largest absolute Gasteiger partial charge is 0.354 e. The molecule has 1 heterocycles. The van der Waals surface area contributed by atoms with Crippen LogP contribution in [0, 0.1) is 0 Å². The van der Waals surface area contributed by atoms with Gasteiger partial charge in [0.2, 0.25) is 0 Å². The average molecular weight is 284 g/mol. The van der Waals surface area contributed by atoms with Gasteiger partial charge in [-0.1, -0.05) is 38.3 Å². The molecule has 0 unspecified atom stereocenters. The van der Waals surface area contributed by atoms with Crippen LogP contribution in [0.15, 0.2) is 6.07 Å². The molecule has 0 amide bonds. The van der Waals surface area contributed by atoms with Crippen molar-refractivity contribution in [3.8, 4) is 0 Å². The Morgan fingerprint density at radius 1 is 1.16 bits per heavy atom. The highest BCUT2D eigenvalue weighted by molar-refractivity contribution is 6.29. The third-order valence-electron chi connectivity index (χ3n) is 3.12. The molecular weight excluding hydrogens is 258 g/mol. The quantitative estimate of drug-likeness (QED) is 0.520. The maximum atomic E-state index is 6.12. The van der Waals surface area contributed by atoms with Gasteiger partial charge in [0.15, 0.2) is 0 Å². The first-order chi connectivity index (χ1) is 9.08.